The first-order valence-electron chi connectivity index (χ1n) is 8.42. The number of amides is 1. The predicted octanol–water partition coefficient (Wildman–Crippen LogP) is 3.21. The van der Waals surface area contributed by atoms with Gasteiger partial charge >= 0.3 is 0 Å². The van der Waals surface area contributed by atoms with Crippen molar-refractivity contribution in [2.45, 2.75) is 25.8 Å². The predicted molar refractivity (Wildman–Crippen MR) is 98.1 cm³/mol. The Morgan fingerprint density at radius 1 is 1.12 bits per heavy atom. The molecular weight excluding hydrogens is 334 g/mol. The van der Waals surface area contributed by atoms with E-state index < -0.39 is 0 Å². The van der Waals surface area contributed by atoms with Crippen molar-refractivity contribution in [1.29, 1.82) is 0 Å². The van der Waals surface area contributed by atoms with Crippen LogP contribution in [0, 0.1) is 0 Å². The number of rotatable bonds is 4. The monoisotopic (exact) mass is 357 g/mol. The number of phenols is 1. The first kappa shape index (κ1) is 17.9. The number of hydrogen-bond acceptors (Lipinski definition) is 5. The number of aromatic hydroxyl groups is 1. The first-order valence-corrected chi connectivity index (χ1v) is 8.42. The van der Waals surface area contributed by atoms with Gasteiger partial charge in [0.05, 0.1) is 27.4 Å². The Kier molecular flexibility index (Phi) is 4.93. The molecule has 1 aliphatic carbocycles. The molecule has 0 bridgehead atoms. The molecule has 0 aliphatic heterocycles. The van der Waals surface area contributed by atoms with Crippen LogP contribution in [-0.2, 0) is 11.2 Å². The Balaban J connectivity index is 2.31. The smallest absolute Gasteiger partial charge is 0.217 e. The van der Waals surface area contributed by atoms with Gasteiger partial charge < -0.3 is 24.6 Å². The second-order valence-corrected chi connectivity index (χ2v) is 6.24. The van der Waals surface area contributed by atoms with Crippen LogP contribution in [0.3, 0.4) is 0 Å². The molecule has 0 fully saturated rings. The third kappa shape index (κ3) is 3.03. The van der Waals surface area contributed by atoms with Gasteiger partial charge in [-0.1, -0.05) is 6.07 Å². The van der Waals surface area contributed by atoms with Crippen molar-refractivity contribution in [3.63, 3.8) is 0 Å². The maximum Gasteiger partial charge on any atom is 0.217 e. The number of benzene rings is 2. The van der Waals surface area contributed by atoms with Crippen molar-refractivity contribution in [3.8, 4) is 34.1 Å². The molecule has 26 heavy (non-hydrogen) atoms. The third-order valence-electron chi connectivity index (χ3n) is 4.67. The van der Waals surface area contributed by atoms with Gasteiger partial charge in [0.1, 0.15) is 5.75 Å². The van der Waals surface area contributed by atoms with E-state index in [2.05, 4.69) is 5.32 Å². The van der Waals surface area contributed by atoms with Crippen LogP contribution in [0.25, 0.3) is 11.1 Å². The van der Waals surface area contributed by atoms with Crippen molar-refractivity contribution >= 4 is 5.91 Å². The van der Waals surface area contributed by atoms with E-state index in [4.69, 9.17) is 14.2 Å². The minimum atomic E-state index is -0.205. The lowest BCUT2D eigenvalue weighted by Crippen LogP contribution is -2.26. The van der Waals surface area contributed by atoms with Crippen molar-refractivity contribution in [3.05, 3.63) is 35.4 Å². The Bertz CT molecular complexity index is 847. The summed E-state index contributed by atoms with van der Waals surface area (Å²) in [5.74, 6) is 1.74. The molecule has 6 nitrogen and oxygen atoms in total. The molecule has 0 spiro atoms. The topological polar surface area (TPSA) is 77.0 Å². The normalized spacial score (nSPS) is 15.3. The lowest BCUT2D eigenvalue weighted by atomic mass is 9.93. The standard InChI is InChI=1S/C20H23NO5/c1-11(22)21-16-8-5-12-9-17(24-2)19(25-3)20(26-4)18(12)14-7-6-13(23)10-15(14)16/h6-7,9-10,16,23H,5,8H2,1-4H3,(H,21,22)/t16-/m1/s1. The van der Waals surface area contributed by atoms with Crippen molar-refractivity contribution < 1.29 is 24.1 Å². The number of carbonyl (C=O) groups excluding carboxylic acids is 1. The van der Waals surface area contributed by atoms with E-state index in [9.17, 15) is 9.90 Å². The van der Waals surface area contributed by atoms with Gasteiger partial charge in [-0.3, -0.25) is 4.79 Å². The highest BCUT2D eigenvalue weighted by Crippen LogP contribution is 2.50. The zero-order valence-electron chi connectivity index (χ0n) is 15.4. The minimum absolute atomic E-state index is 0.114. The quantitative estimate of drug-likeness (QED) is 0.879. The number of ether oxygens (including phenoxy) is 3. The van der Waals surface area contributed by atoms with E-state index in [-0.39, 0.29) is 17.7 Å². The molecule has 6 heteroatoms. The number of fused-ring (bicyclic) bond motifs is 3. The van der Waals surface area contributed by atoms with Crippen LogP contribution < -0.4 is 19.5 Å². The number of aryl methyl sites for hydroxylation is 1. The Morgan fingerprint density at radius 3 is 2.46 bits per heavy atom. The Labute approximate surface area is 152 Å². The highest BCUT2D eigenvalue weighted by molar-refractivity contribution is 5.83. The Hall–Kier alpha value is -2.89. The second kappa shape index (κ2) is 7.15. The van der Waals surface area contributed by atoms with Crippen LogP contribution in [0.5, 0.6) is 23.0 Å². The molecule has 0 saturated heterocycles. The Morgan fingerprint density at radius 2 is 1.85 bits per heavy atom. The van der Waals surface area contributed by atoms with Crippen LogP contribution in [0.15, 0.2) is 24.3 Å². The van der Waals surface area contributed by atoms with Gasteiger partial charge in [-0.15, -0.1) is 0 Å². The van der Waals surface area contributed by atoms with Gasteiger partial charge in [-0.2, -0.15) is 0 Å². The molecule has 0 heterocycles. The highest BCUT2D eigenvalue weighted by Gasteiger charge is 2.29. The molecule has 0 aromatic heterocycles. The summed E-state index contributed by atoms with van der Waals surface area (Å²) in [6, 6.07) is 6.92. The summed E-state index contributed by atoms with van der Waals surface area (Å²) < 4.78 is 16.7. The van der Waals surface area contributed by atoms with Gasteiger partial charge in [0, 0.05) is 12.5 Å². The molecule has 0 saturated carbocycles. The average molecular weight is 357 g/mol. The van der Waals surface area contributed by atoms with Crippen LogP contribution in [0.4, 0.5) is 0 Å². The van der Waals surface area contributed by atoms with E-state index in [0.29, 0.717) is 30.1 Å². The van der Waals surface area contributed by atoms with Gasteiger partial charge in [0.15, 0.2) is 11.5 Å². The lowest BCUT2D eigenvalue weighted by Gasteiger charge is -2.21. The minimum Gasteiger partial charge on any atom is -0.508 e. The third-order valence-corrected chi connectivity index (χ3v) is 4.67. The van der Waals surface area contributed by atoms with Gasteiger partial charge in [-0.25, -0.2) is 0 Å². The lowest BCUT2D eigenvalue weighted by molar-refractivity contribution is -0.119. The number of phenolic OH excluding ortho intramolecular Hbond substituents is 1. The molecule has 1 aliphatic rings. The molecule has 1 amide bonds. The molecular formula is C20H23NO5. The van der Waals surface area contributed by atoms with E-state index in [0.717, 1.165) is 22.3 Å². The van der Waals surface area contributed by atoms with Crippen LogP contribution in [0.1, 0.15) is 30.5 Å². The van der Waals surface area contributed by atoms with Crippen LogP contribution in [-0.4, -0.2) is 32.3 Å². The summed E-state index contributed by atoms with van der Waals surface area (Å²) in [4.78, 5) is 11.7. The summed E-state index contributed by atoms with van der Waals surface area (Å²) in [5, 5.41) is 13.0. The molecule has 2 N–H and O–H groups in total. The van der Waals surface area contributed by atoms with E-state index in [1.165, 1.54) is 6.92 Å². The average Bonchev–Trinajstić information content (AvgIpc) is 2.76. The molecule has 138 valence electrons. The second-order valence-electron chi connectivity index (χ2n) is 6.24. The zero-order valence-corrected chi connectivity index (χ0v) is 15.4. The van der Waals surface area contributed by atoms with Crippen LogP contribution in [0.2, 0.25) is 0 Å². The molecule has 0 radical (unpaired) electrons. The molecule has 2 aromatic rings. The van der Waals surface area contributed by atoms with Crippen LogP contribution >= 0.6 is 0 Å². The zero-order chi connectivity index (χ0) is 18.8. The summed E-state index contributed by atoms with van der Waals surface area (Å²) in [6.45, 7) is 1.49. The molecule has 2 aromatic carbocycles. The molecule has 0 unspecified atom stereocenters. The van der Waals surface area contributed by atoms with E-state index in [1.807, 2.05) is 12.1 Å². The fraction of sp³-hybridized carbons (Fsp3) is 0.350. The fourth-order valence-electron chi connectivity index (χ4n) is 3.62. The first-order chi connectivity index (χ1) is 12.5. The van der Waals surface area contributed by atoms with E-state index in [1.54, 1.807) is 33.5 Å². The van der Waals surface area contributed by atoms with E-state index >= 15 is 0 Å². The fourth-order valence-corrected chi connectivity index (χ4v) is 3.62. The van der Waals surface area contributed by atoms with Gasteiger partial charge in [0.2, 0.25) is 11.7 Å². The summed E-state index contributed by atoms with van der Waals surface area (Å²) >= 11 is 0. The largest absolute Gasteiger partial charge is 0.508 e. The maximum absolute atomic E-state index is 11.7. The van der Waals surface area contributed by atoms with Crippen molar-refractivity contribution in [2.24, 2.45) is 0 Å². The number of methoxy groups -OCH3 is 3. The molecule has 3 rings (SSSR count). The summed E-state index contributed by atoms with van der Waals surface area (Å²) in [6.07, 6.45) is 1.41. The maximum atomic E-state index is 11.7. The van der Waals surface area contributed by atoms with Gasteiger partial charge in [0.25, 0.3) is 0 Å². The number of nitrogens with one attached hydrogen (secondary N) is 1. The summed E-state index contributed by atoms with van der Waals surface area (Å²) in [5.41, 5.74) is 3.68. The number of hydrogen-bond donors (Lipinski definition) is 2. The van der Waals surface area contributed by atoms with Crippen molar-refractivity contribution in [1.82, 2.24) is 5.32 Å². The summed E-state index contributed by atoms with van der Waals surface area (Å²) in [7, 11) is 4.75. The van der Waals surface area contributed by atoms with Crippen molar-refractivity contribution in [2.75, 3.05) is 21.3 Å². The SMILES string of the molecule is COc1cc2c(c(OC)c1OC)-c1ccc(O)cc1[C@H](NC(C)=O)CC2. The number of carbonyl (C=O) groups is 1. The highest BCUT2D eigenvalue weighted by atomic mass is 16.5. The van der Waals surface area contributed by atoms with Gasteiger partial charge in [-0.05, 0) is 47.7 Å². The molecule has 1 atom stereocenters.